The fraction of sp³-hybridized carbons (Fsp3) is 0.588. The highest BCUT2D eigenvalue weighted by molar-refractivity contribution is 7.88. The van der Waals surface area contributed by atoms with Gasteiger partial charge in [0.1, 0.15) is 0 Å². The van der Waals surface area contributed by atoms with Gasteiger partial charge in [-0.15, -0.1) is 0 Å². The molecular formula is C17H26N2O5S. The van der Waals surface area contributed by atoms with Crippen molar-refractivity contribution in [2.45, 2.75) is 26.3 Å². The first-order valence-electron chi connectivity index (χ1n) is 8.37. The van der Waals surface area contributed by atoms with E-state index in [1.165, 1.54) is 10.6 Å². The second-order valence-corrected chi connectivity index (χ2v) is 8.08. The summed E-state index contributed by atoms with van der Waals surface area (Å²) in [6.07, 6.45) is 2.58. The zero-order chi connectivity index (χ0) is 18.4. The molecule has 140 valence electrons. The van der Waals surface area contributed by atoms with Crippen molar-refractivity contribution in [1.82, 2.24) is 9.62 Å². The Morgan fingerprint density at radius 2 is 2.12 bits per heavy atom. The normalized spacial score (nSPS) is 18.6. The molecule has 0 radical (unpaired) electrons. The third kappa shape index (κ3) is 5.34. The zero-order valence-corrected chi connectivity index (χ0v) is 15.8. The second kappa shape index (κ2) is 8.53. The summed E-state index contributed by atoms with van der Waals surface area (Å²) in [5, 5.41) is 2.89. The summed E-state index contributed by atoms with van der Waals surface area (Å²) in [4.78, 5) is 12.4. The first kappa shape index (κ1) is 19.5. The first-order valence-corrected chi connectivity index (χ1v) is 10.2. The molecule has 7 nitrogen and oxygen atoms in total. The predicted molar refractivity (Wildman–Crippen MR) is 95.2 cm³/mol. The Balaban J connectivity index is 1.95. The van der Waals surface area contributed by atoms with E-state index in [4.69, 9.17) is 9.47 Å². The Bertz CT molecular complexity index is 705. The summed E-state index contributed by atoms with van der Waals surface area (Å²) in [6, 6.07) is 5.52. The van der Waals surface area contributed by atoms with Crippen LogP contribution in [0, 0.1) is 5.92 Å². The maximum atomic E-state index is 12.4. The fourth-order valence-corrected chi connectivity index (χ4v) is 3.80. The Morgan fingerprint density at radius 1 is 1.36 bits per heavy atom. The number of carbonyl (C=O) groups excluding carboxylic acids is 1. The van der Waals surface area contributed by atoms with Crippen LogP contribution in [0.4, 0.5) is 0 Å². The number of piperidine rings is 1. The van der Waals surface area contributed by atoms with E-state index in [0.29, 0.717) is 44.0 Å². The number of amides is 1. The molecule has 2 rings (SSSR count). The Hall–Kier alpha value is -1.80. The van der Waals surface area contributed by atoms with Gasteiger partial charge in [0.2, 0.25) is 15.9 Å². The number of nitrogens with zero attached hydrogens (tertiary/aromatic N) is 1. The SMILES string of the molecule is CCOc1ccc(CNC(=O)[C@@H]2CCCN(S(C)(=O)=O)C2)cc1OC. The zero-order valence-electron chi connectivity index (χ0n) is 14.9. The second-order valence-electron chi connectivity index (χ2n) is 6.10. The molecule has 1 aliphatic heterocycles. The van der Waals surface area contributed by atoms with Gasteiger partial charge in [-0.25, -0.2) is 12.7 Å². The minimum Gasteiger partial charge on any atom is -0.493 e. The van der Waals surface area contributed by atoms with Crippen LogP contribution in [0.2, 0.25) is 0 Å². The number of rotatable bonds is 7. The van der Waals surface area contributed by atoms with Crippen LogP contribution in [0.5, 0.6) is 11.5 Å². The van der Waals surface area contributed by atoms with Crippen molar-refractivity contribution < 1.29 is 22.7 Å². The summed E-state index contributed by atoms with van der Waals surface area (Å²) in [5.41, 5.74) is 0.893. The molecule has 0 spiro atoms. The largest absolute Gasteiger partial charge is 0.493 e. The minimum atomic E-state index is -3.26. The third-order valence-electron chi connectivity index (χ3n) is 4.22. The molecule has 1 heterocycles. The van der Waals surface area contributed by atoms with Gasteiger partial charge >= 0.3 is 0 Å². The molecule has 1 N–H and O–H groups in total. The summed E-state index contributed by atoms with van der Waals surface area (Å²) in [5.74, 6) is 0.847. The lowest BCUT2D eigenvalue weighted by Crippen LogP contribution is -2.44. The molecule has 25 heavy (non-hydrogen) atoms. The van der Waals surface area contributed by atoms with E-state index < -0.39 is 10.0 Å². The molecule has 1 aromatic rings. The van der Waals surface area contributed by atoms with E-state index in [9.17, 15) is 13.2 Å². The quantitative estimate of drug-likeness (QED) is 0.784. The van der Waals surface area contributed by atoms with Gasteiger partial charge in [-0.1, -0.05) is 6.07 Å². The smallest absolute Gasteiger partial charge is 0.224 e. The van der Waals surface area contributed by atoms with Crippen LogP contribution in [-0.4, -0.2) is 51.7 Å². The van der Waals surface area contributed by atoms with Crippen molar-refractivity contribution in [3.8, 4) is 11.5 Å². The van der Waals surface area contributed by atoms with Crippen LogP contribution in [0.1, 0.15) is 25.3 Å². The summed E-state index contributed by atoms with van der Waals surface area (Å²) < 4.78 is 35.5. The van der Waals surface area contributed by atoms with E-state index in [-0.39, 0.29) is 18.4 Å². The molecular weight excluding hydrogens is 344 g/mol. The lowest BCUT2D eigenvalue weighted by molar-refractivity contribution is -0.126. The van der Waals surface area contributed by atoms with Crippen LogP contribution < -0.4 is 14.8 Å². The minimum absolute atomic E-state index is 0.124. The number of methoxy groups -OCH3 is 1. The van der Waals surface area contributed by atoms with Gasteiger partial charge in [0.15, 0.2) is 11.5 Å². The molecule has 1 saturated heterocycles. The molecule has 1 aliphatic rings. The lowest BCUT2D eigenvalue weighted by atomic mass is 9.98. The topological polar surface area (TPSA) is 84.9 Å². The van der Waals surface area contributed by atoms with Crippen molar-refractivity contribution in [3.63, 3.8) is 0 Å². The fourth-order valence-electron chi connectivity index (χ4n) is 2.89. The number of carbonyl (C=O) groups is 1. The van der Waals surface area contributed by atoms with Crippen LogP contribution in [0.25, 0.3) is 0 Å². The number of nitrogens with one attached hydrogen (secondary N) is 1. The highest BCUT2D eigenvalue weighted by Gasteiger charge is 2.29. The summed E-state index contributed by atoms with van der Waals surface area (Å²) in [7, 11) is -1.68. The third-order valence-corrected chi connectivity index (χ3v) is 5.49. The molecule has 0 bridgehead atoms. The highest BCUT2D eigenvalue weighted by Crippen LogP contribution is 2.28. The van der Waals surface area contributed by atoms with Crippen molar-refractivity contribution in [2.24, 2.45) is 5.92 Å². The average Bonchev–Trinajstić information content (AvgIpc) is 2.60. The highest BCUT2D eigenvalue weighted by atomic mass is 32.2. The van der Waals surface area contributed by atoms with E-state index in [1.54, 1.807) is 7.11 Å². The molecule has 0 aromatic heterocycles. The summed E-state index contributed by atoms with van der Waals surface area (Å²) in [6.45, 7) is 3.54. The van der Waals surface area contributed by atoms with Gasteiger partial charge in [0.25, 0.3) is 0 Å². The average molecular weight is 370 g/mol. The molecule has 8 heteroatoms. The Labute approximate surface area is 149 Å². The maximum Gasteiger partial charge on any atom is 0.224 e. The number of ether oxygens (including phenoxy) is 2. The van der Waals surface area contributed by atoms with Gasteiger partial charge in [-0.2, -0.15) is 0 Å². The number of sulfonamides is 1. The number of hydrogen-bond acceptors (Lipinski definition) is 5. The van der Waals surface area contributed by atoms with Crippen LogP contribution in [0.15, 0.2) is 18.2 Å². The van der Waals surface area contributed by atoms with Gasteiger partial charge < -0.3 is 14.8 Å². The number of hydrogen-bond donors (Lipinski definition) is 1. The number of benzene rings is 1. The van der Waals surface area contributed by atoms with Crippen molar-refractivity contribution in [1.29, 1.82) is 0 Å². The van der Waals surface area contributed by atoms with Crippen LogP contribution in [0.3, 0.4) is 0 Å². The van der Waals surface area contributed by atoms with Crippen LogP contribution >= 0.6 is 0 Å². The van der Waals surface area contributed by atoms with Crippen molar-refractivity contribution in [3.05, 3.63) is 23.8 Å². The molecule has 1 fully saturated rings. The predicted octanol–water partition coefficient (Wildman–Crippen LogP) is 1.38. The van der Waals surface area contributed by atoms with Gasteiger partial charge in [-0.05, 0) is 37.5 Å². The van der Waals surface area contributed by atoms with Crippen LogP contribution in [-0.2, 0) is 21.4 Å². The van der Waals surface area contributed by atoms with Gasteiger partial charge in [-0.3, -0.25) is 4.79 Å². The lowest BCUT2D eigenvalue weighted by Gasteiger charge is -2.30. The van der Waals surface area contributed by atoms with Crippen molar-refractivity contribution >= 4 is 15.9 Å². The molecule has 1 aromatic carbocycles. The molecule has 1 amide bonds. The standard InChI is InChI=1S/C17H26N2O5S/c1-4-24-15-8-7-13(10-16(15)23-2)11-18-17(20)14-6-5-9-19(12-14)25(3,21)22/h7-8,10,14H,4-6,9,11-12H2,1-3H3,(H,18,20)/t14-/m1/s1. The van der Waals surface area contributed by atoms with Gasteiger partial charge in [0.05, 0.1) is 25.9 Å². The molecule has 0 aliphatic carbocycles. The molecule has 0 unspecified atom stereocenters. The van der Waals surface area contributed by atoms with E-state index in [1.807, 2.05) is 25.1 Å². The van der Waals surface area contributed by atoms with E-state index in [0.717, 1.165) is 5.56 Å². The van der Waals surface area contributed by atoms with E-state index >= 15 is 0 Å². The first-order chi connectivity index (χ1) is 11.8. The Kier molecular flexibility index (Phi) is 6.66. The van der Waals surface area contributed by atoms with Gasteiger partial charge in [0, 0.05) is 19.6 Å². The monoisotopic (exact) mass is 370 g/mol. The molecule has 1 atom stereocenters. The Morgan fingerprint density at radius 3 is 2.76 bits per heavy atom. The molecule has 0 saturated carbocycles. The maximum absolute atomic E-state index is 12.4. The summed E-state index contributed by atoms with van der Waals surface area (Å²) >= 11 is 0. The van der Waals surface area contributed by atoms with E-state index in [2.05, 4.69) is 5.32 Å². The van der Waals surface area contributed by atoms with Crippen molar-refractivity contribution in [2.75, 3.05) is 33.1 Å².